The predicted octanol–water partition coefficient (Wildman–Crippen LogP) is 4.94. The third-order valence-corrected chi connectivity index (χ3v) is 6.59. The lowest BCUT2D eigenvalue weighted by Gasteiger charge is -2.36. The Bertz CT molecular complexity index is 1350. The number of fused-ring (bicyclic) bond motifs is 1. The molecule has 0 spiro atoms. The van der Waals surface area contributed by atoms with E-state index in [4.69, 9.17) is 21.3 Å². The van der Waals surface area contributed by atoms with E-state index in [9.17, 15) is 0 Å². The molecule has 0 amide bonds. The Labute approximate surface area is 205 Å². The van der Waals surface area contributed by atoms with Crippen LogP contribution in [0.1, 0.15) is 19.8 Å². The van der Waals surface area contributed by atoms with Crippen molar-refractivity contribution in [2.45, 2.75) is 25.8 Å². The van der Waals surface area contributed by atoms with Gasteiger partial charge in [0.15, 0.2) is 5.69 Å². The van der Waals surface area contributed by atoms with Gasteiger partial charge in [0.2, 0.25) is 11.8 Å². The first kappa shape index (κ1) is 22.8. The molecule has 0 unspecified atom stereocenters. The molecule has 8 heteroatoms. The number of rotatable bonds is 6. The van der Waals surface area contributed by atoms with Crippen LogP contribution in [-0.2, 0) is 0 Å². The quantitative estimate of drug-likeness (QED) is 0.375. The fraction of sp³-hybridized carbons (Fsp3) is 0.333. The molecule has 0 bridgehead atoms. The average Bonchev–Trinajstić information content (AvgIpc) is 3.38. The summed E-state index contributed by atoms with van der Waals surface area (Å²) in [7, 11) is 4.30. The van der Waals surface area contributed by atoms with Crippen LogP contribution in [0.25, 0.3) is 32.9 Å². The van der Waals surface area contributed by atoms with Crippen LogP contribution in [0.5, 0.6) is 5.88 Å². The van der Waals surface area contributed by atoms with Crippen molar-refractivity contribution in [2.75, 3.05) is 38.7 Å². The molecule has 0 aliphatic carbocycles. The Balaban J connectivity index is 1.66. The molecule has 1 saturated heterocycles. The van der Waals surface area contributed by atoms with Crippen molar-refractivity contribution in [3.8, 4) is 28.3 Å². The largest absolute Gasteiger partial charge is 0.478 e. The maximum Gasteiger partial charge on any atom is 0.213 e. The van der Waals surface area contributed by atoms with E-state index < -0.39 is 0 Å². The molecule has 4 aromatic rings. The number of piperidine rings is 1. The first-order valence-corrected chi connectivity index (χ1v) is 11.9. The second-order valence-electron chi connectivity index (χ2n) is 8.91. The topological polar surface area (TPSA) is 63.2 Å². The van der Waals surface area contributed by atoms with Gasteiger partial charge in [-0.05, 0) is 45.5 Å². The molecule has 0 saturated carbocycles. The van der Waals surface area contributed by atoms with Crippen LogP contribution in [0.15, 0.2) is 55.0 Å². The van der Waals surface area contributed by atoms with Gasteiger partial charge in [0.05, 0.1) is 24.4 Å². The number of benzene rings is 1. The average molecular weight is 468 g/mol. The molecule has 8 nitrogen and oxygen atoms in total. The Hall–Kier alpha value is -3.96. The number of aromatic nitrogens is 4. The minimum atomic E-state index is 0.566. The Kier molecular flexibility index (Phi) is 6.34. The highest BCUT2D eigenvalue weighted by molar-refractivity contribution is 5.91. The van der Waals surface area contributed by atoms with Crippen molar-refractivity contribution < 1.29 is 4.74 Å². The minimum Gasteiger partial charge on any atom is -0.478 e. The summed E-state index contributed by atoms with van der Waals surface area (Å²) in [4.78, 5) is 22.7. The molecular formula is C27H29N7O. The van der Waals surface area contributed by atoms with Crippen LogP contribution < -0.4 is 9.64 Å². The molecule has 4 heterocycles. The summed E-state index contributed by atoms with van der Waals surface area (Å²) in [5.41, 5.74) is 5.03. The van der Waals surface area contributed by atoms with E-state index >= 15 is 0 Å². The van der Waals surface area contributed by atoms with Gasteiger partial charge in [-0.1, -0.05) is 24.3 Å². The molecule has 178 valence electrons. The monoisotopic (exact) mass is 467 g/mol. The highest BCUT2D eigenvalue weighted by atomic mass is 16.5. The molecule has 35 heavy (non-hydrogen) atoms. The number of imidazole rings is 1. The molecule has 5 rings (SSSR count). The smallest absolute Gasteiger partial charge is 0.213 e. The van der Waals surface area contributed by atoms with Gasteiger partial charge in [-0.2, -0.15) is 0 Å². The Morgan fingerprint density at radius 3 is 2.43 bits per heavy atom. The normalized spacial score (nSPS) is 14.4. The van der Waals surface area contributed by atoms with Crippen molar-refractivity contribution in [2.24, 2.45) is 0 Å². The number of nitrogens with zero attached hydrogens (tertiary/aromatic N) is 7. The minimum absolute atomic E-state index is 0.566. The first-order valence-electron chi connectivity index (χ1n) is 11.9. The van der Waals surface area contributed by atoms with E-state index in [0.717, 1.165) is 59.9 Å². The van der Waals surface area contributed by atoms with Crippen LogP contribution in [0, 0.1) is 6.57 Å². The molecule has 0 atom stereocenters. The molecule has 1 aliphatic rings. The van der Waals surface area contributed by atoms with Gasteiger partial charge in [-0.15, -0.1) is 0 Å². The lowest BCUT2D eigenvalue weighted by Crippen LogP contribution is -2.43. The second-order valence-corrected chi connectivity index (χ2v) is 8.91. The van der Waals surface area contributed by atoms with Gasteiger partial charge in [0, 0.05) is 49.4 Å². The highest BCUT2D eigenvalue weighted by Gasteiger charge is 2.26. The zero-order valence-corrected chi connectivity index (χ0v) is 20.3. The van der Waals surface area contributed by atoms with Crippen LogP contribution in [0.2, 0.25) is 0 Å². The van der Waals surface area contributed by atoms with Gasteiger partial charge in [0.25, 0.3) is 0 Å². The summed E-state index contributed by atoms with van der Waals surface area (Å²) in [5.74, 6) is 1.48. The Morgan fingerprint density at radius 1 is 1.06 bits per heavy atom. The summed E-state index contributed by atoms with van der Waals surface area (Å²) in [6.07, 6.45) is 7.79. The maximum atomic E-state index is 7.32. The van der Waals surface area contributed by atoms with E-state index in [2.05, 4.69) is 38.1 Å². The number of anilines is 1. The summed E-state index contributed by atoms with van der Waals surface area (Å²) in [6, 6.07) is 12.1. The van der Waals surface area contributed by atoms with E-state index in [1.54, 1.807) is 0 Å². The van der Waals surface area contributed by atoms with Gasteiger partial charge >= 0.3 is 0 Å². The van der Waals surface area contributed by atoms with Gasteiger partial charge in [-0.25, -0.2) is 19.8 Å². The van der Waals surface area contributed by atoms with Gasteiger partial charge in [0.1, 0.15) is 5.65 Å². The van der Waals surface area contributed by atoms with Crippen LogP contribution in [0.3, 0.4) is 0 Å². The lowest BCUT2D eigenvalue weighted by molar-refractivity contribution is 0.249. The SMILES string of the molecule is [C-]#[N+]c1ccc(-c2nc(N3CCC(N(C)C)CC3)n3ccnc3c2-c2ccc(OCC)nc2)cc1. The van der Waals surface area contributed by atoms with Crippen LogP contribution in [0.4, 0.5) is 11.6 Å². The highest BCUT2D eigenvalue weighted by Crippen LogP contribution is 2.37. The number of ether oxygens (including phenoxy) is 1. The molecule has 3 aromatic heterocycles. The molecule has 0 N–H and O–H groups in total. The van der Waals surface area contributed by atoms with Crippen molar-refractivity contribution >= 4 is 17.3 Å². The van der Waals surface area contributed by atoms with Gasteiger partial charge < -0.3 is 14.5 Å². The fourth-order valence-corrected chi connectivity index (χ4v) is 4.70. The van der Waals surface area contributed by atoms with Crippen molar-refractivity contribution in [3.63, 3.8) is 0 Å². The zero-order chi connectivity index (χ0) is 24.4. The number of hydrogen-bond acceptors (Lipinski definition) is 6. The third kappa shape index (κ3) is 4.43. The fourth-order valence-electron chi connectivity index (χ4n) is 4.70. The third-order valence-electron chi connectivity index (χ3n) is 6.59. The number of pyridine rings is 1. The van der Waals surface area contributed by atoms with E-state index in [1.165, 1.54) is 0 Å². The summed E-state index contributed by atoms with van der Waals surface area (Å²) < 4.78 is 7.63. The molecule has 1 fully saturated rings. The van der Waals surface area contributed by atoms with Crippen molar-refractivity contribution in [3.05, 3.63) is 66.4 Å². The predicted molar refractivity (Wildman–Crippen MR) is 138 cm³/mol. The standard InChI is InChI=1S/C27H29N7O/c1-5-35-23-11-8-20(18-30-23)24-25(19-6-9-21(28-2)10-7-19)31-27(34-17-14-29-26(24)34)33-15-12-22(13-16-33)32(3)4/h6-11,14,17-18,22H,5,12-13,15-16H2,1,3-4H3. The molecular weight excluding hydrogens is 438 g/mol. The van der Waals surface area contributed by atoms with Crippen LogP contribution in [-0.4, -0.2) is 64.1 Å². The van der Waals surface area contributed by atoms with Crippen molar-refractivity contribution in [1.29, 1.82) is 0 Å². The summed E-state index contributed by atoms with van der Waals surface area (Å²) in [5, 5.41) is 0. The maximum absolute atomic E-state index is 7.32. The molecule has 1 aliphatic heterocycles. The van der Waals surface area contributed by atoms with E-state index in [1.807, 2.05) is 61.9 Å². The lowest BCUT2D eigenvalue weighted by atomic mass is 10.0. The summed E-state index contributed by atoms with van der Waals surface area (Å²) >= 11 is 0. The summed E-state index contributed by atoms with van der Waals surface area (Å²) in [6.45, 7) is 11.7. The zero-order valence-electron chi connectivity index (χ0n) is 20.3. The number of hydrogen-bond donors (Lipinski definition) is 0. The Morgan fingerprint density at radius 2 is 1.80 bits per heavy atom. The van der Waals surface area contributed by atoms with E-state index in [0.29, 0.717) is 24.2 Å². The molecule has 1 aromatic carbocycles. The van der Waals surface area contributed by atoms with Crippen molar-refractivity contribution in [1.82, 2.24) is 24.3 Å². The van der Waals surface area contributed by atoms with E-state index in [-0.39, 0.29) is 0 Å². The van der Waals surface area contributed by atoms with Crippen LogP contribution >= 0.6 is 0 Å². The molecule has 0 radical (unpaired) electrons. The second kappa shape index (κ2) is 9.72. The first-order chi connectivity index (χ1) is 17.1. The van der Waals surface area contributed by atoms with Gasteiger partial charge in [-0.3, -0.25) is 4.40 Å².